The van der Waals surface area contributed by atoms with Gasteiger partial charge < -0.3 is 0 Å². The fourth-order valence-electron chi connectivity index (χ4n) is 7.42. The largest absolute Gasteiger partial charge is 0.0622 e. The maximum atomic E-state index is 2.34. The second kappa shape index (κ2) is 11.8. The first-order valence-electron chi connectivity index (χ1n) is 16.6. The molecule has 0 aliphatic rings. The molecule has 0 fully saturated rings. The second-order valence-corrected chi connectivity index (χ2v) is 12.5. The van der Waals surface area contributed by atoms with Gasteiger partial charge in [-0.3, -0.25) is 0 Å². The van der Waals surface area contributed by atoms with Crippen molar-refractivity contribution in [2.45, 2.75) is 0 Å². The van der Waals surface area contributed by atoms with E-state index < -0.39 is 0 Å². The van der Waals surface area contributed by atoms with Gasteiger partial charge in [0.1, 0.15) is 0 Å². The van der Waals surface area contributed by atoms with Crippen molar-refractivity contribution in [2.24, 2.45) is 0 Å². The van der Waals surface area contributed by atoms with E-state index in [-0.39, 0.29) is 0 Å². The topological polar surface area (TPSA) is 0 Å². The summed E-state index contributed by atoms with van der Waals surface area (Å²) in [6.45, 7) is 0. The molecule has 9 aromatic carbocycles. The lowest BCUT2D eigenvalue weighted by Crippen LogP contribution is -1.92. The van der Waals surface area contributed by atoms with Crippen molar-refractivity contribution in [3.05, 3.63) is 193 Å². The van der Waals surface area contributed by atoms with Crippen LogP contribution in [0.3, 0.4) is 0 Å². The summed E-state index contributed by atoms with van der Waals surface area (Å²) in [5, 5.41) is 10.1. The van der Waals surface area contributed by atoms with E-state index in [1.807, 2.05) is 0 Å². The molecule has 0 spiro atoms. The standard InChI is InChI=1S/C48H32/c1-2-13-33(14-3-1)27-28-34-15-10-18-37(31-34)39-23-11-25-41-40(39)24-12-26-42(41)48-45-21-8-6-19-43(45)47(44-20-7-9-22-46(44)48)38-30-29-35-16-4-5-17-36(35)32-38/h1-32H. The Balaban J connectivity index is 1.25. The fraction of sp³-hybridized carbons (Fsp3) is 0. The highest BCUT2D eigenvalue weighted by Crippen LogP contribution is 2.46. The van der Waals surface area contributed by atoms with Gasteiger partial charge in [0.2, 0.25) is 0 Å². The van der Waals surface area contributed by atoms with Crippen molar-refractivity contribution in [3.8, 4) is 33.4 Å². The van der Waals surface area contributed by atoms with Crippen LogP contribution in [0.25, 0.3) is 88.6 Å². The Morgan fingerprint density at radius 1 is 0.271 bits per heavy atom. The lowest BCUT2D eigenvalue weighted by atomic mass is 9.84. The van der Waals surface area contributed by atoms with E-state index in [0.29, 0.717) is 0 Å². The molecule has 0 aliphatic carbocycles. The van der Waals surface area contributed by atoms with Gasteiger partial charge in [0.05, 0.1) is 0 Å². The summed E-state index contributed by atoms with van der Waals surface area (Å²) in [5.41, 5.74) is 9.92. The molecule has 0 unspecified atom stereocenters. The van der Waals surface area contributed by atoms with E-state index in [2.05, 4.69) is 194 Å². The van der Waals surface area contributed by atoms with Crippen molar-refractivity contribution in [2.75, 3.05) is 0 Å². The lowest BCUT2D eigenvalue weighted by Gasteiger charge is -2.19. The van der Waals surface area contributed by atoms with Crippen molar-refractivity contribution in [1.29, 1.82) is 0 Å². The molecule has 0 bridgehead atoms. The minimum Gasteiger partial charge on any atom is -0.0622 e. The molecule has 0 saturated carbocycles. The van der Waals surface area contributed by atoms with Gasteiger partial charge in [0.15, 0.2) is 0 Å². The number of hydrogen-bond acceptors (Lipinski definition) is 0. The molecule has 48 heavy (non-hydrogen) atoms. The van der Waals surface area contributed by atoms with Gasteiger partial charge in [-0.1, -0.05) is 182 Å². The Morgan fingerprint density at radius 2 is 0.792 bits per heavy atom. The van der Waals surface area contributed by atoms with E-state index in [1.165, 1.54) is 87.6 Å². The maximum Gasteiger partial charge on any atom is -0.00201 e. The van der Waals surface area contributed by atoms with Crippen LogP contribution in [0.2, 0.25) is 0 Å². The van der Waals surface area contributed by atoms with Gasteiger partial charge in [-0.15, -0.1) is 0 Å². The van der Waals surface area contributed by atoms with E-state index in [1.54, 1.807) is 0 Å². The number of hydrogen-bond donors (Lipinski definition) is 0. The third-order valence-corrected chi connectivity index (χ3v) is 9.63. The first-order valence-corrected chi connectivity index (χ1v) is 16.6. The average Bonchev–Trinajstić information content (AvgIpc) is 3.16. The zero-order valence-corrected chi connectivity index (χ0v) is 26.5. The molecule has 0 saturated heterocycles. The quantitative estimate of drug-likeness (QED) is 0.135. The molecule has 0 amide bonds. The molecule has 9 aromatic rings. The summed E-state index contributed by atoms with van der Waals surface area (Å²) in [6, 6.07) is 66.3. The summed E-state index contributed by atoms with van der Waals surface area (Å²) in [7, 11) is 0. The molecule has 0 heteroatoms. The van der Waals surface area contributed by atoms with E-state index in [0.717, 1.165) is 0 Å². The molecule has 224 valence electrons. The van der Waals surface area contributed by atoms with E-state index >= 15 is 0 Å². The summed E-state index contributed by atoms with van der Waals surface area (Å²) < 4.78 is 0. The van der Waals surface area contributed by atoms with Gasteiger partial charge in [0, 0.05) is 0 Å². The summed E-state index contributed by atoms with van der Waals surface area (Å²) in [5.74, 6) is 0. The molecular weight excluding hydrogens is 577 g/mol. The van der Waals surface area contributed by atoms with Crippen molar-refractivity contribution in [1.82, 2.24) is 0 Å². The predicted molar refractivity (Wildman–Crippen MR) is 208 cm³/mol. The molecule has 0 N–H and O–H groups in total. The monoisotopic (exact) mass is 608 g/mol. The minimum absolute atomic E-state index is 1.19. The van der Waals surface area contributed by atoms with Crippen LogP contribution < -0.4 is 0 Å². The first-order chi connectivity index (χ1) is 23.8. The molecule has 0 radical (unpaired) electrons. The van der Waals surface area contributed by atoms with Crippen molar-refractivity contribution < 1.29 is 0 Å². The Kier molecular flexibility index (Phi) is 6.91. The number of fused-ring (bicyclic) bond motifs is 4. The molecule has 0 nitrogen and oxygen atoms in total. The molecular formula is C48H32. The predicted octanol–water partition coefficient (Wildman–Crippen LogP) is 13.5. The van der Waals surface area contributed by atoms with Crippen molar-refractivity contribution in [3.63, 3.8) is 0 Å². The Labute approximate surface area is 280 Å². The van der Waals surface area contributed by atoms with E-state index in [4.69, 9.17) is 0 Å². The third-order valence-electron chi connectivity index (χ3n) is 9.63. The number of benzene rings is 9. The highest BCUT2D eigenvalue weighted by molar-refractivity contribution is 6.24. The summed E-state index contributed by atoms with van der Waals surface area (Å²) >= 11 is 0. The van der Waals surface area contributed by atoms with Gasteiger partial charge in [-0.05, 0) is 99.7 Å². The summed E-state index contributed by atoms with van der Waals surface area (Å²) in [4.78, 5) is 0. The molecule has 0 aromatic heterocycles. The van der Waals surface area contributed by atoms with Crippen LogP contribution in [0.1, 0.15) is 11.1 Å². The molecule has 0 atom stereocenters. The molecule has 0 aliphatic heterocycles. The minimum atomic E-state index is 1.19. The number of rotatable bonds is 5. The van der Waals surface area contributed by atoms with Crippen LogP contribution in [0.5, 0.6) is 0 Å². The average molecular weight is 609 g/mol. The zero-order chi connectivity index (χ0) is 31.9. The van der Waals surface area contributed by atoms with Crippen molar-refractivity contribution >= 4 is 55.2 Å². The highest BCUT2D eigenvalue weighted by atomic mass is 14.2. The van der Waals surface area contributed by atoms with Crippen LogP contribution in [-0.2, 0) is 0 Å². The van der Waals surface area contributed by atoms with Crippen LogP contribution in [-0.4, -0.2) is 0 Å². The Hall–Kier alpha value is -6.24. The van der Waals surface area contributed by atoms with E-state index in [9.17, 15) is 0 Å². The zero-order valence-electron chi connectivity index (χ0n) is 26.5. The van der Waals surface area contributed by atoms with Crippen LogP contribution in [0, 0.1) is 0 Å². The lowest BCUT2D eigenvalue weighted by molar-refractivity contribution is 1.62. The Morgan fingerprint density at radius 3 is 1.52 bits per heavy atom. The first kappa shape index (κ1) is 28.0. The van der Waals surface area contributed by atoms with Gasteiger partial charge in [-0.25, -0.2) is 0 Å². The smallest absolute Gasteiger partial charge is 0.00201 e. The van der Waals surface area contributed by atoms with Crippen LogP contribution >= 0.6 is 0 Å². The Bertz CT molecular complexity index is 2600. The molecule has 0 heterocycles. The van der Waals surface area contributed by atoms with Gasteiger partial charge >= 0.3 is 0 Å². The normalized spacial score (nSPS) is 11.7. The van der Waals surface area contributed by atoms with Gasteiger partial charge in [0.25, 0.3) is 0 Å². The summed E-state index contributed by atoms with van der Waals surface area (Å²) in [6.07, 6.45) is 4.38. The highest BCUT2D eigenvalue weighted by Gasteiger charge is 2.18. The van der Waals surface area contributed by atoms with Crippen LogP contribution in [0.4, 0.5) is 0 Å². The SMILES string of the molecule is C(=Cc1cccc(-c2cccc3c(-c4c5ccccc5c(-c5ccc6ccccc6c5)c5ccccc45)cccc23)c1)c1ccccc1. The van der Waals surface area contributed by atoms with Gasteiger partial charge in [-0.2, -0.15) is 0 Å². The third kappa shape index (κ3) is 4.87. The fourth-order valence-corrected chi connectivity index (χ4v) is 7.42. The second-order valence-electron chi connectivity index (χ2n) is 12.5. The maximum absolute atomic E-state index is 2.34. The molecule has 9 rings (SSSR count). The van der Waals surface area contributed by atoms with Crippen LogP contribution in [0.15, 0.2) is 182 Å².